The van der Waals surface area contributed by atoms with Crippen molar-refractivity contribution in [3.05, 3.63) is 29.6 Å². The lowest BCUT2D eigenvalue weighted by molar-refractivity contribution is 0.485. The zero-order chi connectivity index (χ0) is 15.0. The van der Waals surface area contributed by atoms with Crippen LogP contribution in [0.15, 0.2) is 18.2 Å². The van der Waals surface area contributed by atoms with Gasteiger partial charge in [0.05, 0.1) is 0 Å². The van der Waals surface area contributed by atoms with E-state index in [1.807, 2.05) is 0 Å². The second-order valence-electron chi connectivity index (χ2n) is 5.32. The highest BCUT2D eigenvalue weighted by molar-refractivity contribution is 5.49. The third-order valence-electron chi connectivity index (χ3n) is 3.90. The van der Waals surface area contributed by atoms with E-state index in [2.05, 4.69) is 44.0 Å². The van der Waals surface area contributed by atoms with Gasteiger partial charge in [-0.15, -0.1) is 0 Å². The topological polar surface area (TPSA) is 15.3 Å². The lowest BCUT2D eigenvalue weighted by Gasteiger charge is -2.28. The van der Waals surface area contributed by atoms with Gasteiger partial charge in [0.15, 0.2) is 0 Å². The normalized spacial score (nSPS) is 11.1. The van der Waals surface area contributed by atoms with Crippen LogP contribution in [0.2, 0.25) is 0 Å². The average molecular weight is 280 g/mol. The molecule has 0 radical (unpaired) electrons. The van der Waals surface area contributed by atoms with Crippen molar-refractivity contribution < 1.29 is 4.39 Å². The summed E-state index contributed by atoms with van der Waals surface area (Å²) in [7, 11) is 0. The number of hydrogen-bond acceptors (Lipinski definition) is 2. The molecule has 0 saturated carbocycles. The molecule has 0 heterocycles. The molecular formula is C17H29FN2. The first-order valence-corrected chi connectivity index (χ1v) is 7.89. The van der Waals surface area contributed by atoms with Crippen LogP contribution >= 0.6 is 0 Å². The number of nitrogens with zero attached hydrogens (tertiary/aromatic N) is 1. The Hall–Kier alpha value is -1.09. The Morgan fingerprint density at radius 2 is 1.80 bits per heavy atom. The number of hydrogen-bond donors (Lipinski definition) is 1. The van der Waals surface area contributed by atoms with E-state index >= 15 is 0 Å². The summed E-state index contributed by atoms with van der Waals surface area (Å²) in [5, 5.41) is 3.25. The molecule has 0 bridgehead atoms. The summed E-state index contributed by atoms with van der Waals surface area (Å²) in [4.78, 5) is 2.29. The van der Waals surface area contributed by atoms with Crippen LogP contribution in [0.25, 0.3) is 0 Å². The molecule has 0 aliphatic heterocycles. The van der Waals surface area contributed by atoms with Crippen LogP contribution < -0.4 is 10.2 Å². The Morgan fingerprint density at radius 3 is 2.35 bits per heavy atom. The summed E-state index contributed by atoms with van der Waals surface area (Å²) in [6.07, 6.45) is 2.35. The highest BCUT2D eigenvalue weighted by Crippen LogP contribution is 2.21. The minimum atomic E-state index is -0.140. The number of nitrogens with one attached hydrogen (secondary N) is 1. The molecule has 114 valence electrons. The van der Waals surface area contributed by atoms with Crippen LogP contribution in [0, 0.1) is 11.7 Å². The smallest absolute Gasteiger partial charge is 0.125 e. The van der Waals surface area contributed by atoms with E-state index in [1.54, 1.807) is 12.1 Å². The Bertz CT molecular complexity index is 389. The fraction of sp³-hybridized carbons (Fsp3) is 0.647. The van der Waals surface area contributed by atoms with E-state index in [-0.39, 0.29) is 5.82 Å². The molecule has 0 fully saturated rings. The molecular weight excluding hydrogens is 251 g/mol. The summed E-state index contributed by atoms with van der Waals surface area (Å²) in [6, 6.07) is 5.38. The molecule has 0 unspecified atom stereocenters. The minimum Gasteiger partial charge on any atom is -0.371 e. The molecule has 0 atom stereocenters. The predicted octanol–water partition coefficient (Wildman–Crippen LogP) is 4.20. The van der Waals surface area contributed by atoms with Crippen molar-refractivity contribution in [2.45, 2.75) is 47.1 Å². The fourth-order valence-electron chi connectivity index (χ4n) is 2.46. The van der Waals surface area contributed by atoms with E-state index in [4.69, 9.17) is 0 Å². The van der Waals surface area contributed by atoms with Gasteiger partial charge in [0.2, 0.25) is 0 Å². The molecule has 1 rings (SSSR count). The minimum absolute atomic E-state index is 0.140. The summed E-state index contributed by atoms with van der Waals surface area (Å²) < 4.78 is 13.8. The van der Waals surface area contributed by atoms with Gasteiger partial charge in [0.1, 0.15) is 5.82 Å². The third-order valence-corrected chi connectivity index (χ3v) is 3.90. The van der Waals surface area contributed by atoms with Crippen LogP contribution in [-0.2, 0) is 6.54 Å². The van der Waals surface area contributed by atoms with E-state index in [9.17, 15) is 4.39 Å². The average Bonchev–Trinajstić information content (AvgIpc) is 2.46. The molecule has 1 aromatic carbocycles. The van der Waals surface area contributed by atoms with Crippen LogP contribution in [0.3, 0.4) is 0 Å². The van der Waals surface area contributed by atoms with Gasteiger partial charge in [-0.1, -0.05) is 33.6 Å². The predicted molar refractivity (Wildman–Crippen MR) is 85.7 cm³/mol. The molecule has 0 amide bonds. The van der Waals surface area contributed by atoms with Crippen LogP contribution in [-0.4, -0.2) is 19.6 Å². The van der Waals surface area contributed by atoms with Crippen LogP contribution in [0.1, 0.15) is 46.1 Å². The maximum atomic E-state index is 13.8. The molecule has 0 saturated heterocycles. The molecule has 1 N–H and O–H groups in total. The number of rotatable bonds is 9. The molecule has 0 aliphatic rings. The van der Waals surface area contributed by atoms with Gasteiger partial charge in [0.25, 0.3) is 0 Å². The first-order chi connectivity index (χ1) is 9.64. The molecule has 20 heavy (non-hydrogen) atoms. The Balaban J connectivity index is 2.87. The number of anilines is 1. The Morgan fingerprint density at radius 1 is 1.10 bits per heavy atom. The van der Waals surface area contributed by atoms with Gasteiger partial charge in [-0.05, 0) is 43.1 Å². The number of halogens is 1. The van der Waals surface area contributed by atoms with Crippen LogP contribution in [0.5, 0.6) is 0 Å². The van der Waals surface area contributed by atoms with Gasteiger partial charge in [-0.25, -0.2) is 4.39 Å². The molecule has 0 aromatic heterocycles. The summed E-state index contributed by atoms with van der Waals surface area (Å²) in [5.74, 6) is 0.536. The van der Waals surface area contributed by atoms with Gasteiger partial charge < -0.3 is 10.2 Å². The van der Waals surface area contributed by atoms with Gasteiger partial charge in [0, 0.05) is 25.3 Å². The maximum absolute atomic E-state index is 13.8. The molecule has 2 nitrogen and oxygen atoms in total. The first kappa shape index (κ1) is 17.0. The zero-order valence-corrected chi connectivity index (χ0v) is 13.4. The largest absolute Gasteiger partial charge is 0.371 e. The monoisotopic (exact) mass is 280 g/mol. The lowest BCUT2D eigenvalue weighted by atomic mass is 10.0. The molecule has 0 aliphatic carbocycles. The Labute approximate surface area is 123 Å². The first-order valence-electron chi connectivity index (χ1n) is 7.89. The molecule has 0 spiro atoms. The van der Waals surface area contributed by atoms with Crippen molar-refractivity contribution in [2.24, 2.45) is 5.92 Å². The lowest BCUT2D eigenvalue weighted by Crippen LogP contribution is -2.29. The van der Waals surface area contributed by atoms with E-state index in [0.717, 1.165) is 37.4 Å². The second kappa shape index (κ2) is 8.96. The molecule has 1 aromatic rings. The van der Waals surface area contributed by atoms with E-state index < -0.39 is 0 Å². The van der Waals surface area contributed by atoms with Gasteiger partial charge in [-0.3, -0.25) is 0 Å². The van der Waals surface area contributed by atoms with E-state index in [0.29, 0.717) is 5.92 Å². The van der Waals surface area contributed by atoms with Crippen LogP contribution in [0.4, 0.5) is 10.1 Å². The highest BCUT2D eigenvalue weighted by atomic mass is 19.1. The zero-order valence-electron chi connectivity index (χ0n) is 13.4. The van der Waals surface area contributed by atoms with Crippen molar-refractivity contribution in [1.82, 2.24) is 5.32 Å². The second-order valence-corrected chi connectivity index (χ2v) is 5.32. The van der Waals surface area contributed by atoms with Gasteiger partial charge >= 0.3 is 0 Å². The summed E-state index contributed by atoms with van der Waals surface area (Å²) in [5.41, 5.74) is 2.03. The van der Waals surface area contributed by atoms with Crippen molar-refractivity contribution >= 4 is 5.69 Å². The van der Waals surface area contributed by atoms with Crippen molar-refractivity contribution in [3.63, 3.8) is 0 Å². The highest BCUT2D eigenvalue weighted by Gasteiger charge is 2.12. The maximum Gasteiger partial charge on any atom is 0.125 e. The standard InChI is InChI=1S/C17H29FN2/c1-5-14(6-2)13-20(8-4)17-10-15(12-19-7-3)9-16(18)11-17/h9-11,14,19H,5-8,12-13H2,1-4H3. The summed E-state index contributed by atoms with van der Waals surface area (Å²) in [6.45, 7) is 12.2. The Kier molecular flexibility index (Phi) is 7.60. The molecule has 3 heteroatoms. The fourth-order valence-corrected chi connectivity index (χ4v) is 2.46. The quantitative estimate of drug-likeness (QED) is 0.729. The SMILES string of the molecule is CCNCc1cc(F)cc(N(CC)CC(CC)CC)c1. The van der Waals surface area contributed by atoms with E-state index in [1.165, 1.54) is 12.8 Å². The third kappa shape index (κ3) is 5.12. The van der Waals surface area contributed by atoms with Crippen molar-refractivity contribution in [2.75, 3.05) is 24.5 Å². The van der Waals surface area contributed by atoms with Crippen molar-refractivity contribution in [1.29, 1.82) is 0 Å². The van der Waals surface area contributed by atoms with Gasteiger partial charge in [-0.2, -0.15) is 0 Å². The van der Waals surface area contributed by atoms with Crippen molar-refractivity contribution in [3.8, 4) is 0 Å². The summed E-state index contributed by atoms with van der Waals surface area (Å²) >= 11 is 0. The number of benzene rings is 1.